The zero-order valence-electron chi connectivity index (χ0n) is 15.2. The first kappa shape index (κ1) is 18.4. The van der Waals surface area contributed by atoms with Crippen LogP contribution in [0.25, 0.3) is 0 Å². The predicted octanol–water partition coefficient (Wildman–Crippen LogP) is 2.21. The molecular weight excluding hydrogens is 316 g/mol. The predicted molar refractivity (Wildman–Crippen MR) is 97.2 cm³/mol. The highest BCUT2D eigenvalue weighted by Gasteiger charge is 2.28. The lowest BCUT2D eigenvalue weighted by atomic mass is 9.92. The van der Waals surface area contributed by atoms with Crippen LogP contribution in [0.3, 0.4) is 0 Å². The maximum Gasteiger partial charge on any atom is 0.220 e. The number of methoxy groups -OCH3 is 1. The summed E-state index contributed by atoms with van der Waals surface area (Å²) in [4.78, 5) is 14.9. The number of carbonyl (C=O) groups is 1. The van der Waals surface area contributed by atoms with E-state index in [1.165, 1.54) is 5.56 Å². The third-order valence-electron chi connectivity index (χ3n) is 5.37. The molecule has 2 saturated heterocycles. The quantitative estimate of drug-likeness (QED) is 0.858. The Balaban J connectivity index is 1.39. The lowest BCUT2D eigenvalue weighted by molar-refractivity contribution is -0.126. The summed E-state index contributed by atoms with van der Waals surface area (Å²) in [5.74, 6) is 0.622. The minimum atomic E-state index is -0.00980. The Morgan fingerprint density at radius 2 is 2.00 bits per heavy atom. The number of rotatable bonds is 6. The van der Waals surface area contributed by atoms with Crippen molar-refractivity contribution in [3.8, 4) is 0 Å². The third kappa shape index (κ3) is 5.53. The van der Waals surface area contributed by atoms with E-state index in [0.29, 0.717) is 25.6 Å². The molecule has 0 saturated carbocycles. The number of nitrogens with one attached hydrogen (secondary N) is 1. The number of hydrogen-bond donors (Lipinski definition) is 1. The fraction of sp³-hybridized carbons (Fsp3) is 0.650. The van der Waals surface area contributed by atoms with Gasteiger partial charge in [-0.1, -0.05) is 30.3 Å². The van der Waals surface area contributed by atoms with Crippen LogP contribution in [0.2, 0.25) is 0 Å². The number of amides is 1. The van der Waals surface area contributed by atoms with Crippen LogP contribution in [-0.2, 0) is 20.8 Å². The molecule has 0 aromatic heterocycles. The van der Waals surface area contributed by atoms with Crippen molar-refractivity contribution in [2.24, 2.45) is 5.92 Å². The second-order valence-electron chi connectivity index (χ2n) is 7.22. The molecule has 0 spiro atoms. The van der Waals surface area contributed by atoms with Gasteiger partial charge >= 0.3 is 0 Å². The van der Waals surface area contributed by atoms with Gasteiger partial charge in [-0.15, -0.1) is 0 Å². The molecule has 1 amide bonds. The van der Waals surface area contributed by atoms with E-state index in [9.17, 15) is 4.79 Å². The van der Waals surface area contributed by atoms with Crippen molar-refractivity contribution in [1.82, 2.24) is 10.2 Å². The molecule has 0 radical (unpaired) electrons. The van der Waals surface area contributed by atoms with Gasteiger partial charge in [0.25, 0.3) is 0 Å². The van der Waals surface area contributed by atoms with Crippen molar-refractivity contribution in [3.05, 3.63) is 35.9 Å². The lowest BCUT2D eigenvalue weighted by Gasteiger charge is -2.33. The highest BCUT2D eigenvalue weighted by atomic mass is 16.5. The summed E-state index contributed by atoms with van der Waals surface area (Å²) in [6, 6.07) is 10.6. The van der Waals surface area contributed by atoms with E-state index in [1.807, 2.05) is 0 Å². The summed E-state index contributed by atoms with van der Waals surface area (Å²) < 4.78 is 10.9. The van der Waals surface area contributed by atoms with Crippen LogP contribution < -0.4 is 5.32 Å². The van der Waals surface area contributed by atoms with Gasteiger partial charge in [0.1, 0.15) is 0 Å². The number of hydrogen-bond acceptors (Lipinski definition) is 4. The molecule has 3 rings (SSSR count). The first-order chi connectivity index (χ1) is 12.2. The van der Waals surface area contributed by atoms with Crippen LogP contribution in [0.15, 0.2) is 30.3 Å². The van der Waals surface area contributed by atoms with Crippen molar-refractivity contribution in [2.45, 2.75) is 44.4 Å². The fourth-order valence-corrected chi connectivity index (χ4v) is 3.85. The molecule has 138 valence electrons. The van der Waals surface area contributed by atoms with E-state index in [0.717, 1.165) is 38.9 Å². The Bertz CT molecular complexity index is 529. The molecular formula is C20H30N2O3. The maximum atomic E-state index is 12.4. The van der Waals surface area contributed by atoms with Crippen LogP contribution >= 0.6 is 0 Å². The fourth-order valence-electron chi connectivity index (χ4n) is 3.85. The molecule has 2 aliphatic heterocycles. The van der Waals surface area contributed by atoms with E-state index < -0.39 is 0 Å². The monoisotopic (exact) mass is 346 g/mol. The smallest absolute Gasteiger partial charge is 0.220 e. The summed E-state index contributed by atoms with van der Waals surface area (Å²) in [6.45, 7) is 4.42. The van der Waals surface area contributed by atoms with Gasteiger partial charge in [0.15, 0.2) is 0 Å². The van der Waals surface area contributed by atoms with Crippen LogP contribution in [0.5, 0.6) is 0 Å². The minimum absolute atomic E-state index is 0.00980. The number of ether oxygens (including phenoxy) is 2. The normalized spacial score (nSPS) is 25.6. The number of benzene rings is 1. The zero-order chi connectivity index (χ0) is 17.5. The second-order valence-corrected chi connectivity index (χ2v) is 7.22. The molecule has 2 aliphatic rings. The summed E-state index contributed by atoms with van der Waals surface area (Å²) in [5.41, 5.74) is 1.36. The summed E-state index contributed by atoms with van der Waals surface area (Å²) in [5, 5.41) is 3.12. The van der Waals surface area contributed by atoms with Crippen LogP contribution in [0.1, 0.15) is 31.2 Å². The van der Waals surface area contributed by atoms with Crippen molar-refractivity contribution in [1.29, 1.82) is 0 Å². The van der Waals surface area contributed by atoms with Gasteiger partial charge in [0.2, 0.25) is 5.91 Å². The third-order valence-corrected chi connectivity index (χ3v) is 5.37. The van der Waals surface area contributed by atoms with Crippen LogP contribution in [0.4, 0.5) is 0 Å². The topological polar surface area (TPSA) is 50.8 Å². The van der Waals surface area contributed by atoms with Crippen molar-refractivity contribution in [3.63, 3.8) is 0 Å². The molecule has 2 fully saturated rings. The Morgan fingerprint density at radius 3 is 2.72 bits per heavy atom. The molecule has 5 heteroatoms. The van der Waals surface area contributed by atoms with Gasteiger partial charge < -0.3 is 14.8 Å². The molecule has 0 bridgehead atoms. The standard InChI is InChI=1S/C20H30N2O3/c1-24-19-9-12-25-15-18(19)21-20(23)13-16-7-10-22(11-8-16)14-17-5-3-2-4-6-17/h2-6,16,18-19H,7-15H2,1H3,(H,21,23)/t18-,19-/m1/s1. The highest BCUT2D eigenvalue weighted by Crippen LogP contribution is 2.22. The average Bonchev–Trinajstić information content (AvgIpc) is 2.64. The van der Waals surface area contributed by atoms with E-state index in [-0.39, 0.29) is 18.1 Å². The van der Waals surface area contributed by atoms with E-state index in [4.69, 9.17) is 9.47 Å². The second kappa shape index (κ2) is 9.32. The zero-order valence-corrected chi connectivity index (χ0v) is 15.2. The summed E-state index contributed by atoms with van der Waals surface area (Å²) >= 11 is 0. The summed E-state index contributed by atoms with van der Waals surface area (Å²) in [6.07, 6.45) is 3.72. The van der Waals surface area contributed by atoms with Crippen molar-refractivity contribution in [2.75, 3.05) is 33.4 Å². The van der Waals surface area contributed by atoms with Crippen LogP contribution in [-0.4, -0.2) is 56.4 Å². The molecule has 0 unspecified atom stereocenters. The van der Waals surface area contributed by atoms with Gasteiger partial charge in [-0.3, -0.25) is 9.69 Å². The van der Waals surface area contributed by atoms with Gasteiger partial charge in [0, 0.05) is 26.7 Å². The van der Waals surface area contributed by atoms with Gasteiger partial charge in [-0.2, -0.15) is 0 Å². The Hall–Kier alpha value is -1.43. The van der Waals surface area contributed by atoms with E-state index in [1.54, 1.807) is 7.11 Å². The molecule has 1 N–H and O–H groups in total. The first-order valence-electron chi connectivity index (χ1n) is 9.41. The van der Waals surface area contributed by atoms with E-state index in [2.05, 4.69) is 40.5 Å². The van der Waals surface area contributed by atoms with Crippen molar-refractivity contribution < 1.29 is 14.3 Å². The molecule has 2 atom stereocenters. The maximum absolute atomic E-state index is 12.4. The molecule has 1 aromatic rings. The first-order valence-corrected chi connectivity index (χ1v) is 9.41. The van der Waals surface area contributed by atoms with E-state index >= 15 is 0 Å². The molecule has 5 nitrogen and oxygen atoms in total. The molecule has 25 heavy (non-hydrogen) atoms. The van der Waals surface area contributed by atoms with Gasteiger partial charge in [0.05, 0.1) is 18.8 Å². The Labute approximate surface area is 150 Å². The Kier molecular flexibility index (Phi) is 6.84. The molecule has 2 heterocycles. The average molecular weight is 346 g/mol. The SMILES string of the molecule is CO[C@@H]1CCOC[C@H]1NC(=O)CC1CCN(Cc2ccccc2)CC1. The Morgan fingerprint density at radius 1 is 1.24 bits per heavy atom. The largest absolute Gasteiger partial charge is 0.379 e. The van der Waals surface area contributed by atoms with Crippen molar-refractivity contribution >= 4 is 5.91 Å². The molecule has 0 aliphatic carbocycles. The van der Waals surface area contributed by atoms with Crippen LogP contribution in [0, 0.1) is 5.92 Å². The number of piperidine rings is 1. The van der Waals surface area contributed by atoms with Gasteiger partial charge in [-0.05, 0) is 43.8 Å². The summed E-state index contributed by atoms with van der Waals surface area (Å²) in [7, 11) is 1.71. The van der Waals surface area contributed by atoms with Gasteiger partial charge in [-0.25, -0.2) is 0 Å². The minimum Gasteiger partial charge on any atom is -0.379 e. The number of nitrogens with zero attached hydrogens (tertiary/aromatic N) is 1. The lowest BCUT2D eigenvalue weighted by Crippen LogP contribution is -2.50. The molecule has 1 aromatic carbocycles. The highest BCUT2D eigenvalue weighted by molar-refractivity contribution is 5.76. The number of likely N-dealkylation sites (tertiary alicyclic amines) is 1. The number of carbonyl (C=O) groups excluding carboxylic acids is 1.